The van der Waals surface area contributed by atoms with Crippen LogP contribution in [-0.2, 0) is 21.2 Å². The van der Waals surface area contributed by atoms with Crippen molar-refractivity contribution in [2.75, 3.05) is 23.2 Å². The van der Waals surface area contributed by atoms with Crippen molar-refractivity contribution in [3.8, 4) is 5.75 Å². The quantitative estimate of drug-likeness (QED) is 0.523. The van der Waals surface area contributed by atoms with Gasteiger partial charge in [0.1, 0.15) is 5.75 Å². The average molecular weight is 419 g/mol. The number of amides is 1. The zero-order valence-corrected chi connectivity index (χ0v) is 17.3. The molecule has 1 aliphatic heterocycles. The van der Waals surface area contributed by atoms with E-state index in [0.29, 0.717) is 23.7 Å². The molecule has 0 saturated carbocycles. The summed E-state index contributed by atoms with van der Waals surface area (Å²) in [5.41, 5.74) is 7.67. The maximum atomic E-state index is 12.8. The molecule has 2 atom stereocenters. The molecule has 2 unspecified atom stereocenters. The number of sulfonamides is 1. The third kappa shape index (κ3) is 5.26. The lowest BCUT2D eigenvalue weighted by molar-refractivity contribution is -0.119. The number of anilines is 2. The first-order valence-electron chi connectivity index (χ1n) is 9.55. The zero-order chi connectivity index (χ0) is 20.9. The minimum Gasteiger partial charge on any atom is -0.494 e. The van der Waals surface area contributed by atoms with Gasteiger partial charge in [-0.3, -0.25) is 14.9 Å². The fourth-order valence-corrected chi connectivity index (χ4v) is 4.56. The number of ether oxygens (including phenoxy) is 1. The minimum absolute atomic E-state index is 0.202. The number of hydrogen-bond donors (Lipinski definition) is 4. The van der Waals surface area contributed by atoms with Gasteiger partial charge in [-0.05, 0) is 55.3 Å². The lowest BCUT2D eigenvalue weighted by Gasteiger charge is -2.19. The second-order valence-corrected chi connectivity index (χ2v) is 8.50. The highest BCUT2D eigenvalue weighted by atomic mass is 32.2. The maximum absolute atomic E-state index is 12.8. The van der Waals surface area contributed by atoms with Gasteiger partial charge in [0.05, 0.1) is 12.5 Å². The molecule has 156 valence electrons. The van der Waals surface area contributed by atoms with Crippen LogP contribution in [0.15, 0.2) is 48.5 Å². The number of carbonyl (C=O) groups is 1. The zero-order valence-electron chi connectivity index (χ0n) is 16.4. The Kier molecular flexibility index (Phi) is 6.73. The average Bonchev–Trinajstić information content (AvgIpc) is 3.21. The SMILES string of the molecule is CCOc1ccc(NS(=O)(=O)C2NNCC2C(=O)Nc2ccc(CC)cc2)cc1. The predicted octanol–water partition coefficient (Wildman–Crippen LogP) is 2.08. The number of hydrazine groups is 1. The molecule has 1 aliphatic rings. The Hall–Kier alpha value is -2.62. The van der Waals surface area contributed by atoms with Gasteiger partial charge in [-0.2, -0.15) is 0 Å². The standard InChI is InChI=1S/C20H26N4O4S/c1-3-14-5-7-15(8-6-14)22-19(25)18-13-21-23-20(18)29(26,27)24-16-9-11-17(12-10-16)28-4-2/h5-12,18,20-21,23-24H,3-4,13H2,1-2H3,(H,22,25). The molecule has 0 radical (unpaired) electrons. The molecule has 29 heavy (non-hydrogen) atoms. The highest BCUT2D eigenvalue weighted by molar-refractivity contribution is 7.93. The van der Waals surface area contributed by atoms with Crippen molar-refractivity contribution < 1.29 is 17.9 Å². The molecule has 0 aliphatic carbocycles. The van der Waals surface area contributed by atoms with E-state index in [-0.39, 0.29) is 12.5 Å². The summed E-state index contributed by atoms with van der Waals surface area (Å²) >= 11 is 0. The summed E-state index contributed by atoms with van der Waals surface area (Å²) in [6.07, 6.45) is 0.905. The van der Waals surface area contributed by atoms with Crippen molar-refractivity contribution >= 4 is 27.3 Å². The van der Waals surface area contributed by atoms with E-state index in [1.54, 1.807) is 24.3 Å². The lowest BCUT2D eigenvalue weighted by Crippen LogP contribution is -2.45. The Bertz CT molecular complexity index is 930. The summed E-state index contributed by atoms with van der Waals surface area (Å²) in [7, 11) is -3.86. The molecule has 1 amide bonds. The molecular formula is C20H26N4O4S. The first-order chi connectivity index (χ1) is 13.9. The Morgan fingerprint density at radius 1 is 1.07 bits per heavy atom. The van der Waals surface area contributed by atoms with Crippen LogP contribution in [0.3, 0.4) is 0 Å². The predicted molar refractivity (Wildman–Crippen MR) is 113 cm³/mol. The van der Waals surface area contributed by atoms with Crippen molar-refractivity contribution in [2.45, 2.75) is 25.6 Å². The van der Waals surface area contributed by atoms with Crippen LogP contribution in [0.1, 0.15) is 19.4 Å². The minimum atomic E-state index is -3.86. The highest BCUT2D eigenvalue weighted by Gasteiger charge is 2.41. The summed E-state index contributed by atoms with van der Waals surface area (Å²) in [5, 5.41) is 1.69. The van der Waals surface area contributed by atoms with E-state index in [1.165, 1.54) is 0 Å². The summed E-state index contributed by atoms with van der Waals surface area (Å²) in [4.78, 5) is 12.7. The van der Waals surface area contributed by atoms with E-state index in [9.17, 15) is 13.2 Å². The number of carbonyl (C=O) groups excluding carboxylic acids is 1. The molecule has 2 aromatic carbocycles. The van der Waals surface area contributed by atoms with E-state index < -0.39 is 21.3 Å². The third-order valence-electron chi connectivity index (χ3n) is 4.66. The third-order valence-corrected chi connectivity index (χ3v) is 6.29. The number of aryl methyl sites for hydroxylation is 1. The monoisotopic (exact) mass is 418 g/mol. The van der Waals surface area contributed by atoms with Crippen LogP contribution in [0, 0.1) is 5.92 Å². The number of nitrogens with one attached hydrogen (secondary N) is 4. The fourth-order valence-electron chi connectivity index (χ4n) is 3.07. The Balaban J connectivity index is 1.68. The first kappa shape index (κ1) is 21.1. The largest absolute Gasteiger partial charge is 0.494 e. The van der Waals surface area contributed by atoms with Gasteiger partial charge in [-0.15, -0.1) is 0 Å². The van der Waals surface area contributed by atoms with Gasteiger partial charge < -0.3 is 10.1 Å². The second kappa shape index (κ2) is 9.25. The molecular weight excluding hydrogens is 392 g/mol. The van der Waals surface area contributed by atoms with Crippen molar-refractivity contribution in [3.05, 3.63) is 54.1 Å². The highest BCUT2D eigenvalue weighted by Crippen LogP contribution is 2.22. The van der Waals surface area contributed by atoms with Crippen LogP contribution in [0.2, 0.25) is 0 Å². The van der Waals surface area contributed by atoms with Gasteiger partial charge in [0.2, 0.25) is 5.91 Å². The van der Waals surface area contributed by atoms with Gasteiger partial charge in [-0.1, -0.05) is 19.1 Å². The molecule has 1 saturated heterocycles. The van der Waals surface area contributed by atoms with E-state index in [1.807, 2.05) is 31.2 Å². The molecule has 1 fully saturated rings. The summed E-state index contributed by atoms with van der Waals surface area (Å²) in [5.74, 6) is -0.502. The Morgan fingerprint density at radius 3 is 2.34 bits per heavy atom. The van der Waals surface area contributed by atoms with Crippen molar-refractivity contribution in [3.63, 3.8) is 0 Å². The number of rotatable bonds is 8. The van der Waals surface area contributed by atoms with Gasteiger partial charge >= 0.3 is 0 Å². The van der Waals surface area contributed by atoms with Crippen molar-refractivity contribution in [1.29, 1.82) is 0 Å². The molecule has 3 rings (SSSR count). The lowest BCUT2D eigenvalue weighted by atomic mass is 10.1. The Labute approximate surface area is 171 Å². The molecule has 8 nitrogen and oxygen atoms in total. The van der Waals surface area contributed by atoms with Gasteiger partial charge in [0, 0.05) is 17.9 Å². The van der Waals surface area contributed by atoms with Crippen molar-refractivity contribution in [2.24, 2.45) is 5.92 Å². The van der Waals surface area contributed by atoms with Crippen LogP contribution in [0.25, 0.3) is 0 Å². The Morgan fingerprint density at radius 2 is 1.72 bits per heavy atom. The van der Waals surface area contributed by atoms with Crippen molar-refractivity contribution in [1.82, 2.24) is 10.9 Å². The van der Waals surface area contributed by atoms with Gasteiger partial charge in [0.25, 0.3) is 10.0 Å². The first-order valence-corrected chi connectivity index (χ1v) is 11.1. The van der Waals surface area contributed by atoms with Crippen LogP contribution in [0.4, 0.5) is 11.4 Å². The summed E-state index contributed by atoms with van der Waals surface area (Å²) < 4.78 is 33.6. The summed E-state index contributed by atoms with van der Waals surface area (Å²) in [6.45, 7) is 4.66. The van der Waals surface area contributed by atoms with E-state index in [2.05, 4.69) is 27.8 Å². The summed E-state index contributed by atoms with van der Waals surface area (Å²) in [6, 6.07) is 14.1. The van der Waals surface area contributed by atoms with Crippen LogP contribution < -0.4 is 25.6 Å². The molecule has 0 aromatic heterocycles. The van der Waals surface area contributed by atoms with E-state index in [4.69, 9.17) is 4.74 Å². The van der Waals surface area contributed by atoms with Crippen LogP contribution in [0.5, 0.6) is 5.75 Å². The van der Waals surface area contributed by atoms with E-state index in [0.717, 1.165) is 12.0 Å². The second-order valence-electron chi connectivity index (χ2n) is 6.70. The fraction of sp³-hybridized carbons (Fsp3) is 0.350. The normalized spacial score (nSPS) is 19.0. The molecule has 1 heterocycles. The van der Waals surface area contributed by atoms with E-state index >= 15 is 0 Å². The van der Waals surface area contributed by atoms with Crippen LogP contribution in [-0.4, -0.2) is 32.9 Å². The molecule has 0 spiro atoms. The van der Waals surface area contributed by atoms with Gasteiger partial charge in [0.15, 0.2) is 5.37 Å². The number of benzene rings is 2. The number of hydrogen-bond acceptors (Lipinski definition) is 6. The maximum Gasteiger partial charge on any atom is 0.250 e. The molecule has 9 heteroatoms. The topological polar surface area (TPSA) is 109 Å². The van der Waals surface area contributed by atoms with Crippen LogP contribution >= 0.6 is 0 Å². The molecule has 0 bridgehead atoms. The smallest absolute Gasteiger partial charge is 0.250 e. The van der Waals surface area contributed by atoms with Gasteiger partial charge in [-0.25, -0.2) is 13.8 Å². The molecule has 4 N–H and O–H groups in total. The molecule has 2 aromatic rings.